The van der Waals surface area contributed by atoms with E-state index in [9.17, 15) is 0 Å². The third-order valence-corrected chi connectivity index (χ3v) is 1.57. The van der Waals surface area contributed by atoms with Gasteiger partial charge in [0.2, 0.25) is 0 Å². The van der Waals surface area contributed by atoms with Crippen molar-refractivity contribution < 1.29 is 10.2 Å². The molecule has 0 spiro atoms. The van der Waals surface area contributed by atoms with Crippen molar-refractivity contribution in [3.8, 4) is 0 Å². The van der Waals surface area contributed by atoms with Crippen molar-refractivity contribution in [1.82, 2.24) is 0 Å². The van der Waals surface area contributed by atoms with Crippen LogP contribution in [0.5, 0.6) is 0 Å². The van der Waals surface area contributed by atoms with Crippen LogP contribution in [-0.2, 0) is 0 Å². The zero-order valence-corrected chi connectivity index (χ0v) is 6.93. The van der Waals surface area contributed by atoms with E-state index in [1.165, 1.54) is 6.08 Å². The maximum atomic E-state index is 9.10. The van der Waals surface area contributed by atoms with E-state index in [0.29, 0.717) is 11.1 Å². The van der Waals surface area contributed by atoms with Crippen molar-refractivity contribution in [2.75, 3.05) is 12.5 Å². The minimum absolute atomic E-state index is 0.0712. The molecule has 0 amide bonds. The van der Waals surface area contributed by atoms with Gasteiger partial charge in [-0.1, -0.05) is 13.2 Å². The van der Waals surface area contributed by atoms with Crippen molar-refractivity contribution >= 4 is 11.6 Å². The van der Waals surface area contributed by atoms with E-state index in [1.54, 1.807) is 0 Å². The van der Waals surface area contributed by atoms with Crippen molar-refractivity contribution in [3.63, 3.8) is 0 Å². The van der Waals surface area contributed by atoms with Crippen LogP contribution in [-0.4, -0.2) is 22.7 Å². The minimum Gasteiger partial charge on any atom is -0.508 e. The van der Waals surface area contributed by atoms with Gasteiger partial charge < -0.3 is 10.2 Å². The molecule has 0 aliphatic carbocycles. The molecule has 0 heterocycles. The van der Waals surface area contributed by atoms with Crippen LogP contribution in [0.25, 0.3) is 0 Å². The van der Waals surface area contributed by atoms with Gasteiger partial charge in [0.05, 0.1) is 6.61 Å². The predicted molar refractivity (Wildman–Crippen MR) is 46.8 cm³/mol. The Morgan fingerprint density at radius 2 is 2.09 bits per heavy atom. The molecule has 0 aromatic carbocycles. The number of aliphatic hydroxyl groups is 2. The van der Waals surface area contributed by atoms with Crippen molar-refractivity contribution in [3.05, 3.63) is 36.1 Å². The molecule has 0 unspecified atom stereocenters. The standard InChI is InChI=1S/C8H11ClO2/c1-3-8(11)7(5-10)6(2)4-9/h3,10-11H,1-2,4-5H2. The lowest BCUT2D eigenvalue weighted by atomic mass is 10.1. The molecule has 0 aliphatic heterocycles. The Kier molecular flexibility index (Phi) is 4.66. The molecule has 0 atom stereocenters. The number of aliphatic hydroxyl groups excluding tert-OH is 2. The average molecular weight is 175 g/mol. The molecule has 62 valence electrons. The quantitative estimate of drug-likeness (QED) is 0.388. The van der Waals surface area contributed by atoms with Gasteiger partial charge in [0.25, 0.3) is 0 Å². The van der Waals surface area contributed by atoms with Crippen molar-refractivity contribution in [2.24, 2.45) is 0 Å². The summed E-state index contributed by atoms with van der Waals surface area (Å²) in [5.41, 5.74) is 0.849. The van der Waals surface area contributed by atoms with Gasteiger partial charge in [-0.15, -0.1) is 11.6 Å². The second kappa shape index (κ2) is 4.99. The van der Waals surface area contributed by atoms with E-state index in [4.69, 9.17) is 21.8 Å². The first kappa shape index (κ1) is 10.3. The summed E-state index contributed by atoms with van der Waals surface area (Å²) in [7, 11) is 0. The highest BCUT2D eigenvalue weighted by Gasteiger charge is 2.04. The first-order valence-electron chi connectivity index (χ1n) is 3.06. The van der Waals surface area contributed by atoms with Gasteiger partial charge in [-0.3, -0.25) is 0 Å². The Labute approximate surface area is 71.1 Å². The zero-order valence-electron chi connectivity index (χ0n) is 6.18. The summed E-state index contributed by atoms with van der Waals surface area (Å²) in [6.07, 6.45) is 1.24. The van der Waals surface area contributed by atoms with E-state index in [1.807, 2.05) is 0 Å². The first-order valence-corrected chi connectivity index (χ1v) is 3.60. The van der Waals surface area contributed by atoms with E-state index >= 15 is 0 Å². The summed E-state index contributed by atoms with van der Waals surface area (Å²) in [6, 6.07) is 0. The highest BCUT2D eigenvalue weighted by Crippen LogP contribution is 2.12. The first-order chi connectivity index (χ1) is 5.17. The van der Waals surface area contributed by atoms with E-state index < -0.39 is 0 Å². The molecule has 0 aromatic rings. The molecular weight excluding hydrogens is 164 g/mol. The van der Waals surface area contributed by atoms with Crippen molar-refractivity contribution in [2.45, 2.75) is 0 Å². The van der Waals surface area contributed by atoms with Crippen LogP contribution in [0.2, 0.25) is 0 Å². The Morgan fingerprint density at radius 3 is 2.36 bits per heavy atom. The fourth-order valence-corrected chi connectivity index (χ4v) is 0.739. The molecule has 0 saturated carbocycles. The molecule has 0 aliphatic rings. The molecule has 0 saturated heterocycles. The van der Waals surface area contributed by atoms with E-state index in [2.05, 4.69) is 13.2 Å². The summed E-state index contributed by atoms with van der Waals surface area (Å²) in [4.78, 5) is 0. The van der Waals surface area contributed by atoms with Crippen LogP contribution in [0.15, 0.2) is 36.1 Å². The smallest absolute Gasteiger partial charge is 0.120 e. The molecule has 2 nitrogen and oxygen atoms in total. The van der Waals surface area contributed by atoms with Crippen LogP contribution >= 0.6 is 11.6 Å². The number of allylic oxidation sites excluding steroid dienone is 1. The van der Waals surface area contributed by atoms with Crippen LogP contribution in [0.1, 0.15) is 0 Å². The van der Waals surface area contributed by atoms with Crippen molar-refractivity contribution in [1.29, 1.82) is 0 Å². The third-order valence-electron chi connectivity index (χ3n) is 1.25. The van der Waals surface area contributed by atoms with Gasteiger partial charge in [-0.05, 0) is 11.6 Å². The van der Waals surface area contributed by atoms with Crippen LogP contribution in [0.3, 0.4) is 0 Å². The summed E-state index contributed by atoms with van der Waals surface area (Å²) >= 11 is 5.44. The van der Waals surface area contributed by atoms with E-state index in [-0.39, 0.29) is 18.2 Å². The van der Waals surface area contributed by atoms with Gasteiger partial charge in [0, 0.05) is 11.5 Å². The summed E-state index contributed by atoms with van der Waals surface area (Å²) in [5, 5.41) is 17.8. The molecule has 2 N–H and O–H groups in total. The molecule has 3 heteroatoms. The Balaban J connectivity index is 4.64. The lowest BCUT2D eigenvalue weighted by Crippen LogP contribution is -1.99. The van der Waals surface area contributed by atoms with Crippen LogP contribution in [0.4, 0.5) is 0 Å². The highest BCUT2D eigenvalue weighted by molar-refractivity contribution is 6.19. The number of hydrogen-bond donors (Lipinski definition) is 2. The fourth-order valence-electron chi connectivity index (χ4n) is 0.578. The monoisotopic (exact) mass is 174 g/mol. The number of alkyl halides is 1. The largest absolute Gasteiger partial charge is 0.508 e. The summed E-state index contributed by atoms with van der Waals surface area (Å²) in [5.74, 6) is 0.117. The molecule has 0 aromatic heterocycles. The molecule has 0 bridgehead atoms. The number of hydrogen-bond acceptors (Lipinski definition) is 2. The zero-order chi connectivity index (χ0) is 8.85. The minimum atomic E-state index is -0.274. The number of rotatable bonds is 4. The lowest BCUT2D eigenvalue weighted by molar-refractivity contribution is 0.321. The highest BCUT2D eigenvalue weighted by atomic mass is 35.5. The molecular formula is C8H11ClO2. The Morgan fingerprint density at radius 1 is 1.55 bits per heavy atom. The maximum Gasteiger partial charge on any atom is 0.120 e. The van der Waals surface area contributed by atoms with Gasteiger partial charge in [-0.2, -0.15) is 0 Å². The van der Waals surface area contributed by atoms with Gasteiger partial charge in [0.1, 0.15) is 5.76 Å². The second-order valence-electron chi connectivity index (χ2n) is 1.96. The second-order valence-corrected chi connectivity index (χ2v) is 2.23. The summed E-state index contributed by atoms with van der Waals surface area (Å²) < 4.78 is 0. The third kappa shape index (κ3) is 2.78. The van der Waals surface area contributed by atoms with Gasteiger partial charge >= 0.3 is 0 Å². The fraction of sp³-hybridized carbons (Fsp3) is 0.250. The van der Waals surface area contributed by atoms with Crippen LogP contribution in [0, 0.1) is 0 Å². The molecule has 0 fully saturated rings. The predicted octanol–water partition coefficient (Wildman–Crippen LogP) is 1.77. The average Bonchev–Trinajstić information content (AvgIpc) is 2.05. The molecule has 0 radical (unpaired) electrons. The van der Waals surface area contributed by atoms with Gasteiger partial charge in [-0.25, -0.2) is 0 Å². The summed E-state index contributed by atoms with van der Waals surface area (Å²) in [6.45, 7) is 6.62. The normalized spacial score (nSPS) is 12.2. The SMILES string of the molecule is C=CC(O)=C(CO)C(=C)CCl. The number of halogens is 1. The Hall–Kier alpha value is -0.730. The lowest BCUT2D eigenvalue weighted by Gasteiger charge is -2.05. The topological polar surface area (TPSA) is 40.5 Å². The molecule has 0 rings (SSSR count). The van der Waals surface area contributed by atoms with Gasteiger partial charge in [0.15, 0.2) is 0 Å². The Bertz CT molecular complexity index is 194. The molecule has 11 heavy (non-hydrogen) atoms. The van der Waals surface area contributed by atoms with Crippen LogP contribution < -0.4 is 0 Å². The maximum absolute atomic E-state index is 9.10. The van der Waals surface area contributed by atoms with E-state index in [0.717, 1.165) is 0 Å².